The summed E-state index contributed by atoms with van der Waals surface area (Å²) in [6, 6.07) is 12.6. The molecule has 0 unspecified atom stereocenters. The number of likely N-dealkylation sites (tertiary alicyclic amines) is 1. The predicted octanol–water partition coefficient (Wildman–Crippen LogP) is 6.77. The van der Waals surface area contributed by atoms with Gasteiger partial charge in [0.15, 0.2) is 5.79 Å². The number of carbonyl (C=O) groups is 4. The van der Waals surface area contributed by atoms with Gasteiger partial charge in [0.1, 0.15) is 23.4 Å². The van der Waals surface area contributed by atoms with Gasteiger partial charge in [-0.2, -0.15) is 0 Å². The lowest BCUT2D eigenvalue weighted by Crippen LogP contribution is -2.54. The summed E-state index contributed by atoms with van der Waals surface area (Å²) in [7, 11) is 1.22. The molecule has 65 heavy (non-hydrogen) atoms. The molecule has 3 N–H and O–H groups in total. The molecule has 4 aliphatic rings. The standard InChI is InChI=1S/C46H53F3N8O8/c1-26(2)38(54-43(61)62-6)42(60)57-25-45(63-17-18-64-45)21-35(57)39-51-23-34(53-39)29-9-7-28(8-10-29)32-13-12-31(19-36(32)65-46(47,48)49)52-40(58)30-11-14-37(50-22-30)56-16-15-55(24-27(56)3)41(59)33-20-44(33,4)5/h7-14,19,22-23,26-27,33,35,38H,15-18,20-21,24-25H2,1-6H3,(H,51,53)(H,52,58)(H,54,61)/t27-,33-,35+,38+/m1/s1. The average molecular weight is 903 g/mol. The van der Waals surface area contributed by atoms with Crippen LogP contribution in [0.3, 0.4) is 0 Å². The molecule has 2 aromatic carbocycles. The molecule has 0 bridgehead atoms. The van der Waals surface area contributed by atoms with E-state index in [-0.39, 0.29) is 64.9 Å². The van der Waals surface area contributed by atoms with E-state index in [1.807, 2.05) is 25.7 Å². The lowest BCUT2D eigenvalue weighted by Gasteiger charge is -2.40. The van der Waals surface area contributed by atoms with Crippen LogP contribution >= 0.6 is 0 Å². The van der Waals surface area contributed by atoms with Gasteiger partial charge in [0.2, 0.25) is 11.8 Å². The number of amides is 4. The number of piperazine rings is 1. The molecule has 4 aromatic rings. The van der Waals surface area contributed by atoms with Crippen LogP contribution in [0.2, 0.25) is 0 Å². The van der Waals surface area contributed by atoms with E-state index in [1.54, 1.807) is 47.5 Å². The number of rotatable bonds is 11. The van der Waals surface area contributed by atoms with Crippen LogP contribution in [-0.2, 0) is 23.8 Å². The number of benzene rings is 2. The lowest BCUT2D eigenvalue weighted by molar-refractivity contribution is -0.274. The second-order valence-corrected chi connectivity index (χ2v) is 18.1. The summed E-state index contributed by atoms with van der Waals surface area (Å²) in [4.78, 5) is 70.4. The Balaban J connectivity index is 0.949. The molecule has 1 spiro atoms. The first kappa shape index (κ1) is 45.4. The highest BCUT2D eigenvalue weighted by Crippen LogP contribution is 2.52. The normalized spacial score (nSPS) is 21.6. The van der Waals surface area contributed by atoms with Crippen LogP contribution < -0.4 is 20.3 Å². The number of halogens is 3. The van der Waals surface area contributed by atoms with Gasteiger partial charge in [0, 0.05) is 61.5 Å². The molecule has 4 fully saturated rings. The van der Waals surface area contributed by atoms with E-state index in [1.165, 1.54) is 25.4 Å². The van der Waals surface area contributed by atoms with Crippen LogP contribution in [0.1, 0.15) is 69.7 Å². The molecule has 19 heteroatoms. The van der Waals surface area contributed by atoms with Crippen molar-refractivity contribution in [1.82, 2.24) is 30.1 Å². The fourth-order valence-electron chi connectivity index (χ4n) is 8.93. The summed E-state index contributed by atoms with van der Waals surface area (Å²) >= 11 is 0. The number of pyridine rings is 1. The summed E-state index contributed by atoms with van der Waals surface area (Å²) in [5, 5.41) is 5.29. The second-order valence-electron chi connectivity index (χ2n) is 18.1. The molecule has 8 rings (SSSR count). The zero-order chi connectivity index (χ0) is 46.4. The van der Waals surface area contributed by atoms with Crippen LogP contribution in [0, 0.1) is 17.3 Å². The number of hydrogen-bond donors (Lipinski definition) is 3. The van der Waals surface area contributed by atoms with E-state index >= 15 is 0 Å². The number of alkyl carbamates (subject to hydrolysis) is 1. The average Bonchev–Trinajstić information content (AvgIpc) is 3.73. The summed E-state index contributed by atoms with van der Waals surface area (Å²) < 4.78 is 62.5. The quantitative estimate of drug-likeness (QED) is 0.145. The molecule has 3 aliphatic heterocycles. The van der Waals surface area contributed by atoms with E-state index in [2.05, 4.69) is 49.1 Å². The Morgan fingerprint density at radius 3 is 2.26 bits per heavy atom. The number of hydrogen-bond acceptors (Lipinski definition) is 11. The largest absolute Gasteiger partial charge is 0.573 e. The van der Waals surface area contributed by atoms with Crippen molar-refractivity contribution >= 4 is 35.3 Å². The van der Waals surface area contributed by atoms with Crippen molar-refractivity contribution in [3.05, 3.63) is 78.4 Å². The van der Waals surface area contributed by atoms with E-state index in [0.29, 0.717) is 61.3 Å². The molecule has 5 heterocycles. The molecule has 4 atom stereocenters. The Labute approximate surface area is 374 Å². The minimum atomic E-state index is -5.03. The van der Waals surface area contributed by atoms with Crippen molar-refractivity contribution in [2.24, 2.45) is 17.3 Å². The maximum atomic E-state index is 14.0. The molecule has 2 aromatic heterocycles. The lowest BCUT2D eigenvalue weighted by atomic mass is 10.0. The summed E-state index contributed by atoms with van der Waals surface area (Å²) in [6.07, 6.45) is -1.56. The molecule has 1 saturated carbocycles. The van der Waals surface area contributed by atoms with Gasteiger partial charge in [-0.15, -0.1) is 13.2 Å². The SMILES string of the molecule is COC(=O)N[C@H](C(=O)N1CC2(C[C@H]1c1ncc(-c3ccc(-c4ccc(NC(=O)c5ccc(N6CCN(C(=O)[C@H]7CC7(C)C)C[C@H]6C)nc5)cc4OC(F)(F)F)cc3)[nH]1)OCCO2)C(C)C. The van der Waals surface area contributed by atoms with Crippen LogP contribution in [0.4, 0.5) is 29.5 Å². The topological polar surface area (TPSA) is 181 Å². The number of methoxy groups -OCH3 is 1. The van der Waals surface area contributed by atoms with Crippen molar-refractivity contribution < 1.29 is 51.3 Å². The van der Waals surface area contributed by atoms with Crippen LogP contribution in [-0.4, -0.2) is 119 Å². The number of carbonyl (C=O) groups excluding carboxylic acids is 4. The Hall–Kier alpha value is -6.21. The third kappa shape index (κ3) is 9.76. The molecule has 3 saturated heterocycles. The monoisotopic (exact) mass is 902 g/mol. The number of alkyl halides is 3. The number of aromatic amines is 1. The molecule has 1 aliphatic carbocycles. The highest BCUT2D eigenvalue weighted by atomic mass is 19.4. The molecule has 4 amide bonds. The number of aromatic nitrogens is 3. The van der Waals surface area contributed by atoms with Gasteiger partial charge in [-0.05, 0) is 60.1 Å². The fraction of sp³-hybridized carbons (Fsp3) is 0.478. The van der Waals surface area contributed by atoms with Crippen molar-refractivity contribution in [3.63, 3.8) is 0 Å². The van der Waals surface area contributed by atoms with Crippen molar-refractivity contribution in [3.8, 4) is 28.1 Å². The van der Waals surface area contributed by atoms with Crippen LogP contribution in [0.5, 0.6) is 5.75 Å². The number of anilines is 2. The molecule has 346 valence electrons. The third-order valence-electron chi connectivity index (χ3n) is 12.7. The zero-order valence-electron chi connectivity index (χ0n) is 37.0. The van der Waals surface area contributed by atoms with E-state index < -0.39 is 42.0 Å². The summed E-state index contributed by atoms with van der Waals surface area (Å²) in [6.45, 7) is 12.4. The number of nitrogens with zero attached hydrogens (tertiary/aromatic N) is 5. The number of imidazole rings is 1. The maximum Gasteiger partial charge on any atom is 0.573 e. The van der Waals surface area contributed by atoms with E-state index in [4.69, 9.17) is 14.2 Å². The second kappa shape index (κ2) is 17.6. The van der Waals surface area contributed by atoms with Gasteiger partial charge < -0.3 is 49.3 Å². The van der Waals surface area contributed by atoms with Gasteiger partial charge in [-0.3, -0.25) is 14.4 Å². The van der Waals surface area contributed by atoms with Gasteiger partial charge in [-0.1, -0.05) is 52.0 Å². The first-order valence-electron chi connectivity index (χ1n) is 21.6. The molecule has 16 nitrogen and oxygen atoms in total. The zero-order valence-corrected chi connectivity index (χ0v) is 37.0. The van der Waals surface area contributed by atoms with Gasteiger partial charge in [0.05, 0.1) is 50.4 Å². The fourth-order valence-corrected chi connectivity index (χ4v) is 8.93. The first-order chi connectivity index (χ1) is 30.8. The Morgan fingerprint density at radius 2 is 1.65 bits per heavy atom. The molecular formula is C46H53F3N8O8. The van der Waals surface area contributed by atoms with Crippen LogP contribution in [0.25, 0.3) is 22.4 Å². The van der Waals surface area contributed by atoms with Gasteiger partial charge in [-0.25, -0.2) is 14.8 Å². The summed E-state index contributed by atoms with van der Waals surface area (Å²) in [5.41, 5.74) is 2.10. The summed E-state index contributed by atoms with van der Waals surface area (Å²) in [5.74, 6) is -1.39. The maximum absolute atomic E-state index is 14.0. The minimum Gasteiger partial charge on any atom is -0.453 e. The number of ether oxygens (including phenoxy) is 4. The smallest absolute Gasteiger partial charge is 0.453 e. The molecular weight excluding hydrogens is 850 g/mol. The van der Waals surface area contributed by atoms with Gasteiger partial charge >= 0.3 is 12.5 Å². The van der Waals surface area contributed by atoms with Crippen molar-refractivity contribution in [2.45, 2.75) is 77.7 Å². The van der Waals surface area contributed by atoms with Crippen molar-refractivity contribution in [1.29, 1.82) is 0 Å². The van der Waals surface area contributed by atoms with Crippen molar-refractivity contribution in [2.75, 3.05) is 56.7 Å². The highest BCUT2D eigenvalue weighted by Gasteiger charge is 2.54. The van der Waals surface area contributed by atoms with E-state index in [9.17, 15) is 32.3 Å². The van der Waals surface area contributed by atoms with E-state index in [0.717, 1.165) is 12.5 Å². The van der Waals surface area contributed by atoms with Crippen LogP contribution in [0.15, 0.2) is 67.0 Å². The first-order valence-corrected chi connectivity index (χ1v) is 21.6. The number of H-pyrrole nitrogens is 1. The Morgan fingerprint density at radius 1 is 0.938 bits per heavy atom. The van der Waals surface area contributed by atoms with Gasteiger partial charge in [0.25, 0.3) is 5.91 Å². The Bertz CT molecular complexity index is 2420. The highest BCUT2D eigenvalue weighted by molar-refractivity contribution is 6.04. The predicted molar refractivity (Wildman–Crippen MR) is 231 cm³/mol. The Kier molecular flexibility index (Phi) is 12.3. The molecule has 0 radical (unpaired) electrons. The minimum absolute atomic E-state index is 0.00686. The third-order valence-corrected chi connectivity index (χ3v) is 12.7. The number of nitrogens with one attached hydrogen (secondary N) is 3.